The Hall–Kier alpha value is -2.56. The Morgan fingerprint density at radius 1 is 1.72 bits per heavy atom. The van der Waals surface area contributed by atoms with E-state index in [0.29, 0.717) is 25.2 Å². The van der Waals surface area contributed by atoms with Crippen LogP contribution in [0.1, 0.15) is 12.0 Å². The van der Waals surface area contributed by atoms with E-state index < -0.39 is 11.7 Å². The van der Waals surface area contributed by atoms with Gasteiger partial charge in [0, 0.05) is 13.1 Å². The number of aromatic amines is 1. The van der Waals surface area contributed by atoms with E-state index >= 15 is 0 Å². The van der Waals surface area contributed by atoms with Crippen LogP contribution in [0, 0.1) is 11.3 Å². The third-order valence-corrected chi connectivity index (χ3v) is 2.80. The van der Waals surface area contributed by atoms with Crippen molar-refractivity contribution < 1.29 is 9.90 Å². The summed E-state index contributed by atoms with van der Waals surface area (Å²) in [7, 11) is 0. The van der Waals surface area contributed by atoms with Crippen molar-refractivity contribution in [2.75, 3.05) is 18.0 Å². The Labute approximate surface area is 102 Å². The molecule has 2 rings (SSSR count). The van der Waals surface area contributed by atoms with Crippen LogP contribution in [0.4, 0.5) is 10.5 Å². The highest BCUT2D eigenvalue weighted by Gasteiger charge is 2.26. The molecular weight excluding hydrogens is 238 g/mol. The van der Waals surface area contributed by atoms with Gasteiger partial charge < -0.3 is 15.3 Å². The summed E-state index contributed by atoms with van der Waals surface area (Å²) in [5.41, 5.74) is -0.0958. The monoisotopic (exact) mass is 249 g/mol. The number of carbonyl (C=O) groups is 1. The fourth-order valence-corrected chi connectivity index (χ4v) is 2.01. The summed E-state index contributed by atoms with van der Waals surface area (Å²) in [5, 5.41) is 25.8. The number of amides is 1. The first-order valence-electron chi connectivity index (χ1n) is 5.34. The van der Waals surface area contributed by atoms with Gasteiger partial charge in [0.25, 0.3) is 5.56 Å². The van der Waals surface area contributed by atoms with Crippen molar-refractivity contribution in [1.29, 1.82) is 5.26 Å². The maximum absolute atomic E-state index is 11.4. The summed E-state index contributed by atoms with van der Waals surface area (Å²) in [6.45, 7) is 0.997. The van der Waals surface area contributed by atoms with Gasteiger partial charge in [0.1, 0.15) is 11.6 Å². The molecule has 1 fully saturated rings. The summed E-state index contributed by atoms with van der Waals surface area (Å²) in [6, 6.07) is 1.63. The Balaban J connectivity index is 2.20. The topological polar surface area (TPSA) is 122 Å². The molecule has 0 spiro atoms. The van der Waals surface area contributed by atoms with Gasteiger partial charge in [-0.05, 0) is 6.42 Å². The zero-order valence-corrected chi connectivity index (χ0v) is 9.38. The molecular formula is C10H11N5O3. The molecule has 0 bridgehead atoms. The highest BCUT2D eigenvalue weighted by molar-refractivity contribution is 5.65. The number of aromatic nitrogens is 2. The minimum Gasteiger partial charge on any atom is -0.465 e. The molecule has 94 valence electrons. The number of carboxylic acid groups (broad SMARTS) is 1. The fraction of sp³-hybridized carbons (Fsp3) is 0.400. The van der Waals surface area contributed by atoms with Gasteiger partial charge in [0.15, 0.2) is 0 Å². The van der Waals surface area contributed by atoms with Crippen LogP contribution in [0.25, 0.3) is 0 Å². The zero-order chi connectivity index (χ0) is 13.1. The Kier molecular flexibility index (Phi) is 3.14. The summed E-state index contributed by atoms with van der Waals surface area (Å²) in [4.78, 5) is 23.7. The van der Waals surface area contributed by atoms with Crippen molar-refractivity contribution in [3.63, 3.8) is 0 Å². The smallest absolute Gasteiger partial charge is 0.404 e. The number of hydrogen-bond acceptors (Lipinski definition) is 5. The Bertz CT molecular complexity index is 561. The van der Waals surface area contributed by atoms with Crippen LogP contribution in [-0.4, -0.2) is 40.5 Å². The fourth-order valence-electron chi connectivity index (χ4n) is 2.01. The summed E-state index contributed by atoms with van der Waals surface area (Å²) in [5.74, 6) is 0. The molecule has 1 unspecified atom stereocenters. The molecule has 1 aliphatic rings. The van der Waals surface area contributed by atoms with E-state index in [2.05, 4.69) is 15.5 Å². The van der Waals surface area contributed by atoms with Gasteiger partial charge in [-0.2, -0.15) is 10.4 Å². The lowest BCUT2D eigenvalue weighted by molar-refractivity contribution is 0.191. The lowest BCUT2D eigenvalue weighted by Gasteiger charge is -2.18. The van der Waals surface area contributed by atoms with Crippen molar-refractivity contribution in [2.24, 2.45) is 0 Å². The van der Waals surface area contributed by atoms with Crippen LogP contribution < -0.4 is 15.8 Å². The highest BCUT2D eigenvalue weighted by Crippen LogP contribution is 2.20. The average Bonchev–Trinajstić information content (AvgIpc) is 2.76. The number of anilines is 1. The molecule has 8 heteroatoms. The molecule has 0 aliphatic carbocycles. The van der Waals surface area contributed by atoms with E-state index in [1.165, 1.54) is 6.20 Å². The van der Waals surface area contributed by atoms with E-state index in [-0.39, 0.29) is 11.6 Å². The second-order valence-corrected chi connectivity index (χ2v) is 3.95. The molecule has 1 aromatic heterocycles. The number of H-pyrrole nitrogens is 1. The van der Waals surface area contributed by atoms with Gasteiger partial charge in [-0.1, -0.05) is 0 Å². The van der Waals surface area contributed by atoms with Crippen LogP contribution in [0.3, 0.4) is 0 Å². The van der Waals surface area contributed by atoms with E-state index in [9.17, 15) is 9.59 Å². The summed E-state index contributed by atoms with van der Waals surface area (Å²) >= 11 is 0. The lowest BCUT2D eigenvalue weighted by atomic mass is 10.2. The summed E-state index contributed by atoms with van der Waals surface area (Å²) < 4.78 is 0. The number of rotatable bonds is 2. The minimum absolute atomic E-state index is 0.000903. The van der Waals surface area contributed by atoms with Crippen molar-refractivity contribution in [3.05, 3.63) is 22.1 Å². The Morgan fingerprint density at radius 3 is 3.17 bits per heavy atom. The third kappa shape index (κ3) is 2.24. The van der Waals surface area contributed by atoms with Crippen molar-refractivity contribution in [1.82, 2.24) is 15.5 Å². The van der Waals surface area contributed by atoms with E-state index in [1.54, 1.807) is 4.90 Å². The number of nitrogens with one attached hydrogen (secondary N) is 2. The zero-order valence-electron chi connectivity index (χ0n) is 9.38. The molecule has 3 N–H and O–H groups in total. The third-order valence-electron chi connectivity index (χ3n) is 2.80. The second-order valence-electron chi connectivity index (χ2n) is 3.95. The molecule has 0 aromatic carbocycles. The molecule has 1 amide bonds. The number of nitrogens with zero attached hydrogens (tertiary/aromatic N) is 3. The van der Waals surface area contributed by atoms with Crippen LogP contribution in [0.5, 0.6) is 0 Å². The molecule has 0 saturated carbocycles. The molecule has 1 aliphatic heterocycles. The number of nitriles is 1. The largest absolute Gasteiger partial charge is 0.465 e. The number of hydrogen-bond donors (Lipinski definition) is 3. The van der Waals surface area contributed by atoms with E-state index in [4.69, 9.17) is 10.4 Å². The molecule has 1 aromatic rings. The maximum Gasteiger partial charge on any atom is 0.404 e. The first kappa shape index (κ1) is 11.9. The van der Waals surface area contributed by atoms with Crippen molar-refractivity contribution in [2.45, 2.75) is 12.5 Å². The van der Waals surface area contributed by atoms with Gasteiger partial charge in [-0.25, -0.2) is 9.89 Å². The first-order valence-corrected chi connectivity index (χ1v) is 5.34. The average molecular weight is 249 g/mol. The molecule has 1 saturated heterocycles. The molecule has 2 heterocycles. The first-order chi connectivity index (χ1) is 8.61. The highest BCUT2D eigenvalue weighted by atomic mass is 16.4. The molecule has 18 heavy (non-hydrogen) atoms. The van der Waals surface area contributed by atoms with Gasteiger partial charge in [-0.15, -0.1) is 0 Å². The van der Waals surface area contributed by atoms with Gasteiger partial charge in [-0.3, -0.25) is 4.79 Å². The SMILES string of the molecule is N#Cc1c(N2CCC(NC(=O)O)C2)cn[nH]c1=O. The van der Waals surface area contributed by atoms with Crippen LogP contribution in [0.2, 0.25) is 0 Å². The van der Waals surface area contributed by atoms with Crippen molar-refractivity contribution >= 4 is 11.8 Å². The standard InChI is InChI=1S/C10H11N5O3/c11-3-7-8(4-12-14-9(7)16)15-2-1-6(5-15)13-10(17)18/h4,6,13H,1-2,5H2,(H,14,16)(H,17,18). The van der Waals surface area contributed by atoms with E-state index in [0.717, 1.165) is 0 Å². The lowest BCUT2D eigenvalue weighted by Crippen LogP contribution is -2.36. The van der Waals surface area contributed by atoms with Crippen molar-refractivity contribution in [3.8, 4) is 6.07 Å². The van der Waals surface area contributed by atoms with E-state index in [1.807, 2.05) is 6.07 Å². The molecule has 0 radical (unpaired) electrons. The normalized spacial score (nSPS) is 18.4. The molecule has 8 nitrogen and oxygen atoms in total. The van der Waals surface area contributed by atoms with Crippen LogP contribution in [0.15, 0.2) is 11.0 Å². The van der Waals surface area contributed by atoms with Gasteiger partial charge >= 0.3 is 6.09 Å². The maximum atomic E-state index is 11.4. The van der Waals surface area contributed by atoms with Crippen LogP contribution in [-0.2, 0) is 0 Å². The second kappa shape index (κ2) is 4.75. The van der Waals surface area contributed by atoms with Gasteiger partial charge in [0.2, 0.25) is 0 Å². The minimum atomic E-state index is -1.08. The van der Waals surface area contributed by atoms with Gasteiger partial charge in [0.05, 0.1) is 17.9 Å². The quantitative estimate of drug-likeness (QED) is 0.648. The predicted molar refractivity (Wildman–Crippen MR) is 61.4 cm³/mol. The summed E-state index contributed by atoms with van der Waals surface area (Å²) in [6.07, 6.45) is 0.957. The molecule has 1 atom stereocenters. The predicted octanol–water partition coefficient (Wildman–Crippen LogP) is -0.512. The Morgan fingerprint density at radius 2 is 2.50 bits per heavy atom. The van der Waals surface area contributed by atoms with Crippen LogP contribution >= 0.6 is 0 Å².